The fourth-order valence-corrected chi connectivity index (χ4v) is 1.92. The number of rotatable bonds is 4. The zero-order valence-electron chi connectivity index (χ0n) is 10.4. The number of pyridine rings is 1. The van der Waals surface area contributed by atoms with Gasteiger partial charge in [-0.15, -0.1) is 0 Å². The molecule has 0 aliphatic heterocycles. The van der Waals surface area contributed by atoms with Gasteiger partial charge in [0.25, 0.3) is 0 Å². The molecular formula is C13H15N3O2. The predicted molar refractivity (Wildman–Crippen MR) is 66.5 cm³/mol. The number of aromatic nitrogens is 3. The van der Waals surface area contributed by atoms with Gasteiger partial charge < -0.3 is 9.67 Å². The zero-order valence-corrected chi connectivity index (χ0v) is 10.4. The molecule has 1 N–H and O–H groups in total. The van der Waals surface area contributed by atoms with Gasteiger partial charge >= 0.3 is 5.97 Å². The number of hydrogen-bond acceptors (Lipinski definition) is 3. The van der Waals surface area contributed by atoms with Crippen molar-refractivity contribution in [2.75, 3.05) is 0 Å². The maximum atomic E-state index is 11.1. The SMILES string of the molecule is Cc1nc(C(=O)O)c(CCc2cccnc2)n1C. The molecule has 5 nitrogen and oxygen atoms in total. The molecule has 0 saturated carbocycles. The van der Waals surface area contributed by atoms with E-state index in [1.807, 2.05) is 23.7 Å². The van der Waals surface area contributed by atoms with Crippen molar-refractivity contribution >= 4 is 5.97 Å². The van der Waals surface area contributed by atoms with Gasteiger partial charge in [0, 0.05) is 19.4 Å². The van der Waals surface area contributed by atoms with Crippen LogP contribution in [0.4, 0.5) is 0 Å². The minimum atomic E-state index is -0.972. The largest absolute Gasteiger partial charge is 0.476 e. The molecule has 0 aromatic carbocycles. The van der Waals surface area contributed by atoms with Crippen LogP contribution in [0.1, 0.15) is 27.6 Å². The molecule has 0 atom stereocenters. The van der Waals surface area contributed by atoms with Crippen LogP contribution in [0, 0.1) is 6.92 Å². The lowest BCUT2D eigenvalue weighted by Gasteiger charge is -2.05. The van der Waals surface area contributed by atoms with E-state index in [1.165, 1.54) is 0 Å². The van der Waals surface area contributed by atoms with E-state index in [9.17, 15) is 4.79 Å². The Balaban J connectivity index is 2.21. The van der Waals surface area contributed by atoms with Crippen LogP contribution in [-0.2, 0) is 19.9 Å². The lowest BCUT2D eigenvalue weighted by Crippen LogP contribution is -2.06. The average molecular weight is 245 g/mol. The molecule has 5 heteroatoms. The van der Waals surface area contributed by atoms with Gasteiger partial charge in [-0.05, 0) is 31.4 Å². The van der Waals surface area contributed by atoms with Crippen molar-refractivity contribution in [3.63, 3.8) is 0 Å². The third-order valence-corrected chi connectivity index (χ3v) is 3.01. The number of carboxylic acid groups (broad SMARTS) is 1. The highest BCUT2D eigenvalue weighted by Gasteiger charge is 2.17. The Hall–Kier alpha value is -2.17. The predicted octanol–water partition coefficient (Wildman–Crippen LogP) is 1.61. The fourth-order valence-electron chi connectivity index (χ4n) is 1.92. The first-order chi connectivity index (χ1) is 8.59. The van der Waals surface area contributed by atoms with Gasteiger partial charge in [0.05, 0.1) is 5.69 Å². The summed E-state index contributed by atoms with van der Waals surface area (Å²) in [5, 5.41) is 9.11. The van der Waals surface area contributed by atoms with E-state index in [1.54, 1.807) is 19.3 Å². The smallest absolute Gasteiger partial charge is 0.356 e. The van der Waals surface area contributed by atoms with E-state index in [0.29, 0.717) is 12.2 Å². The Morgan fingerprint density at radius 3 is 2.83 bits per heavy atom. The summed E-state index contributed by atoms with van der Waals surface area (Å²) in [6, 6.07) is 3.86. The minimum absolute atomic E-state index is 0.152. The summed E-state index contributed by atoms with van der Waals surface area (Å²) in [6.45, 7) is 1.81. The molecule has 0 aliphatic carbocycles. The Bertz CT molecular complexity index is 561. The molecular weight excluding hydrogens is 230 g/mol. The molecule has 0 amide bonds. The second-order valence-electron chi connectivity index (χ2n) is 4.18. The second-order valence-corrected chi connectivity index (χ2v) is 4.18. The average Bonchev–Trinajstić information content (AvgIpc) is 2.65. The maximum Gasteiger partial charge on any atom is 0.356 e. The summed E-state index contributed by atoms with van der Waals surface area (Å²) in [7, 11) is 1.84. The van der Waals surface area contributed by atoms with E-state index >= 15 is 0 Å². The molecule has 0 spiro atoms. The highest BCUT2D eigenvalue weighted by atomic mass is 16.4. The van der Waals surface area contributed by atoms with E-state index in [2.05, 4.69) is 9.97 Å². The minimum Gasteiger partial charge on any atom is -0.476 e. The van der Waals surface area contributed by atoms with Gasteiger partial charge in [-0.2, -0.15) is 0 Å². The molecule has 0 fully saturated rings. The van der Waals surface area contributed by atoms with Crippen LogP contribution < -0.4 is 0 Å². The van der Waals surface area contributed by atoms with Gasteiger partial charge in [-0.3, -0.25) is 4.98 Å². The van der Waals surface area contributed by atoms with Gasteiger partial charge in [-0.1, -0.05) is 6.07 Å². The number of hydrogen-bond donors (Lipinski definition) is 1. The van der Waals surface area contributed by atoms with E-state index in [4.69, 9.17) is 5.11 Å². The third kappa shape index (κ3) is 2.40. The van der Waals surface area contributed by atoms with E-state index in [0.717, 1.165) is 17.7 Å². The number of carbonyl (C=O) groups is 1. The first kappa shape index (κ1) is 12.3. The zero-order chi connectivity index (χ0) is 13.1. The standard InChI is InChI=1S/C13H15N3O2/c1-9-15-12(13(17)18)11(16(9)2)6-5-10-4-3-7-14-8-10/h3-4,7-8H,5-6H2,1-2H3,(H,17,18). The molecule has 94 valence electrons. The number of aryl methyl sites for hydroxylation is 2. The van der Waals surface area contributed by atoms with Crippen LogP contribution in [0.2, 0.25) is 0 Å². The van der Waals surface area contributed by atoms with Crippen molar-refractivity contribution < 1.29 is 9.90 Å². The van der Waals surface area contributed by atoms with Crippen molar-refractivity contribution in [2.45, 2.75) is 19.8 Å². The van der Waals surface area contributed by atoms with Gasteiger partial charge in [0.15, 0.2) is 5.69 Å². The summed E-state index contributed by atoms with van der Waals surface area (Å²) in [5.74, 6) is -0.256. The Labute approximate surface area is 105 Å². The van der Waals surface area contributed by atoms with Crippen molar-refractivity contribution in [3.05, 3.63) is 47.3 Å². The molecule has 2 heterocycles. The molecule has 0 radical (unpaired) electrons. The van der Waals surface area contributed by atoms with Crippen molar-refractivity contribution in [1.82, 2.24) is 14.5 Å². The maximum absolute atomic E-state index is 11.1. The molecule has 0 bridgehead atoms. The Morgan fingerprint density at radius 1 is 1.44 bits per heavy atom. The number of imidazole rings is 1. The van der Waals surface area contributed by atoms with Crippen LogP contribution in [-0.4, -0.2) is 25.6 Å². The molecule has 0 unspecified atom stereocenters. The summed E-state index contributed by atoms with van der Waals surface area (Å²) in [6.07, 6.45) is 4.92. The normalized spacial score (nSPS) is 10.6. The van der Waals surface area contributed by atoms with Gasteiger partial charge in [-0.25, -0.2) is 9.78 Å². The Morgan fingerprint density at radius 2 is 2.22 bits per heavy atom. The van der Waals surface area contributed by atoms with Gasteiger partial charge in [0.2, 0.25) is 0 Å². The van der Waals surface area contributed by atoms with Crippen LogP contribution in [0.5, 0.6) is 0 Å². The van der Waals surface area contributed by atoms with Crippen molar-refractivity contribution in [1.29, 1.82) is 0 Å². The van der Waals surface area contributed by atoms with E-state index in [-0.39, 0.29) is 5.69 Å². The summed E-state index contributed by atoms with van der Waals surface area (Å²) in [5.41, 5.74) is 2.00. The van der Waals surface area contributed by atoms with E-state index < -0.39 is 5.97 Å². The summed E-state index contributed by atoms with van der Waals surface area (Å²) < 4.78 is 1.83. The highest BCUT2D eigenvalue weighted by Crippen LogP contribution is 2.13. The second kappa shape index (κ2) is 5.00. The fraction of sp³-hybridized carbons (Fsp3) is 0.308. The van der Waals surface area contributed by atoms with Crippen LogP contribution in [0.25, 0.3) is 0 Å². The molecule has 0 aliphatic rings. The lowest BCUT2D eigenvalue weighted by molar-refractivity contribution is 0.0689. The first-order valence-corrected chi connectivity index (χ1v) is 5.74. The Kier molecular flexibility index (Phi) is 3.41. The monoisotopic (exact) mass is 245 g/mol. The first-order valence-electron chi connectivity index (χ1n) is 5.74. The third-order valence-electron chi connectivity index (χ3n) is 3.01. The summed E-state index contributed by atoms with van der Waals surface area (Å²) in [4.78, 5) is 19.2. The number of aromatic carboxylic acids is 1. The molecule has 2 aromatic heterocycles. The van der Waals surface area contributed by atoms with Crippen molar-refractivity contribution in [3.8, 4) is 0 Å². The number of carboxylic acids is 1. The van der Waals surface area contributed by atoms with Crippen molar-refractivity contribution in [2.24, 2.45) is 7.05 Å². The topological polar surface area (TPSA) is 68.0 Å². The summed E-state index contributed by atoms with van der Waals surface area (Å²) >= 11 is 0. The van der Waals surface area contributed by atoms with Crippen LogP contribution in [0.3, 0.4) is 0 Å². The lowest BCUT2D eigenvalue weighted by atomic mass is 10.1. The number of nitrogens with zero attached hydrogens (tertiary/aromatic N) is 3. The molecule has 18 heavy (non-hydrogen) atoms. The molecule has 2 aromatic rings. The van der Waals surface area contributed by atoms with Gasteiger partial charge in [0.1, 0.15) is 5.82 Å². The van der Waals surface area contributed by atoms with Crippen LogP contribution in [0.15, 0.2) is 24.5 Å². The molecule has 2 rings (SSSR count). The van der Waals surface area contributed by atoms with Crippen LogP contribution >= 0.6 is 0 Å². The highest BCUT2D eigenvalue weighted by molar-refractivity contribution is 5.86. The quantitative estimate of drug-likeness (QED) is 0.888. The molecule has 0 saturated heterocycles.